The van der Waals surface area contributed by atoms with Crippen molar-refractivity contribution in [2.45, 2.75) is 53.9 Å². The average Bonchev–Trinajstić information content (AvgIpc) is 2.98. The van der Waals surface area contributed by atoms with Crippen molar-refractivity contribution in [3.8, 4) is 0 Å². The summed E-state index contributed by atoms with van der Waals surface area (Å²) in [5.74, 6) is 0.742. The van der Waals surface area contributed by atoms with Crippen LogP contribution in [0.3, 0.4) is 0 Å². The molecule has 0 saturated heterocycles. The van der Waals surface area contributed by atoms with E-state index in [9.17, 15) is 4.79 Å². The van der Waals surface area contributed by atoms with Gasteiger partial charge in [0.05, 0.1) is 0 Å². The Hall–Kier alpha value is -1.05. The van der Waals surface area contributed by atoms with Crippen molar-refractivity contribution in [3.05, 3.63) is 23.9 Å². The third-order valence-corrected chi connectivity index (χ3v) is 3.81. The number of allylic oxidation sites excluding steroid dienone is 4. The summed E-state index contributed by atoms with van der Waals surface area (Å²) < 4.78 is 0. The molecule has 0 spiro atoms. The fourth-order valence-corrected chi connectivity index (χ4v) is 2.24. The highest BCUT2D eigenvalue weighted by molar-refractivity contribution is 5.80. The van der Waals surface area contributed by atoms with Crippen LogP contribution in [0.1, 0.15) is 53.9 Å². The van der Waals surface area contributed by atoms with Gasteiger partial charge in [0.2, 0.25) is 5.91 Å². The van der Waals surface area contributed by atoms with Crippen LogP contribution < -0.4 is 5.32 Å². The summed E-state index contributed by atoms with van der Waals surface area (Å²) in [7, 11) is 0. The van der Waals surface area contributed by atoms with Gasteiger partial charge in [0.1, 0.15) is 0 Å². The Morgan fingerprint density at radius 2 is 2.17 bits per heavy atom. The van der Waals surface area contributed by atoms with Gasteiger partial charge in [-0.25, -0.2) is 0 Å². The fourth-order valence-electron chi connectivity index (χ4n) is 2.24. The van der Waals surface area contributed by atoms with Crippen molar-refractivity contribution in [2.75, 3.05) is 0 Å². The zero-order valence-corrected chi connectivity index (χ0v) is 12.4. The van der Waals surface area contributed by atoms with Crippen LogP contribution in [0, 0.1) is 17.3 Å². The summed E-state index contributed by atoms with van der Waals surface area (Å²) in [5.41, 5.74) is 1.23. The van der Waals surface area contributed by atoms with Crippen molar-refractivity contribution >= 4 is 5.91 Å². The maximum Gasteiger partial charge on any atom is 0.226 e. The molecule has 2 unspecified atom stereocenters. The molecule has 1 N–H and O–H groups in total. The number of hydrogen-bond acceptors (Lipinski definition) is 1. The third-order valence-electron chi connectivity index (χ3n) is 3.81. The molecular formula is C16H27NO. The third kappa shape index (κ3) is 3.47. The minimum absolute atomic E-state index is 0.0383. The van der Waals surface area contributed by atoms with Gasteiger partial charge in [-0.05, 0) is 25.7 Å². The predicted octanol–water partition coefficient (Wildman–Crippen LogP) is 4.04. The summed E-state index contributed by atoms with van der Waals surface area (Å²) in [4.78, 5) is 11.8. The molecule has 0 aliphatic heterocycles. The number of amides is 1. The van der Waals surface area contributed by atoms with E-state index in [0.29, 0.717) is 5.92 Å². The Labute approximate surface area is 112 Å². The highest BCUT2D eigenvalue weighted by Crippen LogP contribution is 2.57. The molecule has 18 heavy (non-hydrogen) atoms. The van der Waals surface area contributed by atoms with Gasteiger partial charge in [-0.15, -0.1) is 0 Å². The number of nitrogens with one attached hydrogen (secondary N) is 1. The molecule has 2 nitrogen and oxygen atoms in total. The molecule has 0 radical (unpaired) electrons. The monoisotopic (exact) mass is 249 g/mol. The summed E-state index contributed by atoms with van der Waals surface area (Å²) in [5, 5.41) is 3.08. The fraction of sp³-hybridized carbons (Fsp3) is 0.688. The Bertz CT molecular complexity index is 354. The summed E-state index contributed by atoms with van der Waals surface area (Å²) in [6, 6.07) is 0. The maximum atomic E-state index is 11.8. The summed E-state index contributed by atoms with van der Waals surface area (Å²) >= 11 is 0. The van der Waals surface area contributed by atoms with E-state index in [-0.39, 0.29) is 17.2 Å². The smallest absolute Gasteiger partial charge is 0.226 e. The van der Waals surface area contributed by atoms with Gasteiger partial charge < -0.3 is 5.32 Å². The normalized spacial score (nSPS) is 27.9. The lowest BCUT2D eigenvalue weighted by Gasteiger charge is -2.18. The topological polar surface area (TPSA) is 29.1 Å². The van der Waals surface area contributed by atoms with Crippen LogP contribution in [0.2, 0.25) is 0 Å². The molecule has 1 fully saturated rings. The minimum atomic E-state index is 0.0383. The van der Waals surface area contributed by atoms with E-state index in [1.165, 1.54) is 6.42 Å². The zero-order valence-electron chi connectivity index (χ0n) is 12.4. The first-order valence-corrected chi connectivity index (χ1v) is 7.10. The molecule has 1 aliphatic rings. The second-order valence-electron chi connectivity index (χ2n) is 5.79. The van der Waals surface area contributed by atoms with Gasteiger partial charge >= 0.3 is 0 Å². The van der Waals surface area contributed by atoms with E-state index >= 15 is 0 Å². The molecule has 0 bridgehead atoms. The lowest BCUT2D eigenvalue weighted by atomic mass is 10.00. The molecule has 0 heterocycles. The summed E-state index contributed by atoms with van der Waals surface area (Å²) in [6.07, 6.45) is 10.1. The van der Waals surface area contributed by atoms with Crippen molar-refractivity contribution in [3.63, 3.8) is 0 Å². The minimum Gasteiger partial charge on any atom is -0.329 e. The van der Waals surface area contributed by atoms with Crippen LogP contribution >= 0.6 is 0 Å². The Kier molecular flexibility index (Phi) is 5.18. The summed E-state index contributed by atoms with van der Waals surface area (Å²) in [6.45, 7) is 10.3. The average molecular weight is 249 g/mol. The molecule has 0 aromatic carbocycles. The first-order chi connectivity index (χ1) is 8.45. The Morgan fingerprint density at radius 3 is 2.67 bits per heavy atom. The molecule has 1 saturated carbocycles. The number of rotatable bonds is 6. The molecule has 2 heteroatoms. The van der Waals surface area contributed by atoms with Crippen molar-refractivity contribution in [1.82, 2.24) is 5.32 Å². The van der Waals surface area contributed by atoms with E-state index in [0.717, 1.165) is 18.5 Å². The van der Waals surface area contributed by atoms with Crippen LogP contribution in [-0.2, 0) is 4.79 Å². The number of carbonyl (C=O) groups is 1. The van der Waals surface area contributed by atoms with Crippen LogP contribution in [0.25, 0.3) is 0 Å². The van der Waals surface area contributed by atoms with Crippen LogP contribution in [-0.4, -0.2) is 5.91 Å². The molecule has 0 aromatic rings. The molecule has 2 atom stereocenters. The number of carbonyl (C=O) groups excluding carboxylic acids is 1. The SMILES string of the molecule is CC=C(NC(=O)C(C)C)C1(C)CC1C=CCCC. The van der Waals surface area contributed by atoms with E-state index < -0.39 is 0 Å². The van der Waals surface area contributed by atoms with E-state index in [1.54, 1.807) is 0 Å². The van der Waals surface area contributed by atoms with Gasteiger partial charge in [0.15, 0.2) is 0 Å². The van der Waals surface area contributed by atoms with Gasteiger partial charge in [-0.2, -0.15) is 0 Å². The predicted molar refractivity (Wildman–Crippen MR) is 77.0 cm³/mol. The molecular weight excluding hydrogens is 222 g/mol. The Morgan fingerprint density at radius 1 is 1.50 bits per heavy atom. The lowest BCUT2D eigenvalue weighted by Crippen LogP contribution is -2.30. The molecule has 1 rings (SSSR count). The molecule has 1 aliphatic carbocycles. The van der Waals surface area contributed by atoms with E-state index in [4.69, 9.17) is 0 Å². The quantitative estimate of drug-likeness (QED) is 0.707. The van der Waals surface area contributed by atoms with Gasteiger partial charge in [0.25, 0.3) is 0 Å². The second kappa shape index (κ2) is 6.21. The van der Waals surface area contributed by atoms with Crippen molar-refractivity contribution in [2.24, 2.45) is 17.3 Å². The van der Waals surface area contributed by atoms with Crippen LogP contribution in [0.15, 0.2) is 23.9 Å². The molecule has 1 amide bonds. The number of hydrogen-bond donors (Lipinski definition) is 1. The molecule has 0 aromatic heterocycles. The first-order valence-electron chi connectivity index (χ1n) is 7.10. The van der Waals surface area contributed by atoms with Gasteiger partial charge in [-0.1, -0.05) is 52.3 Å². The van der Waals surface area contributed by atoms with Crippen LogP contribution in [0.4, 0.5) is 0 Å². The van der Waals surface area contributed by atoms with Gasteiger partial charge in [-0.3, -0.25) is 4.79 Å². The standard InChI is InChI=1S/C16H27NO/c1-6-8-9-10-13-11-16(13,5)14(7-2)17-15(18)12(3)4/h7,9-10,12-13H,6,8,11H2,1-5H3,(H,17,18). The largest absolute Gasteiger partial charge is 0.329 e. The van der Waals surface area contributed by atoms with Crippen molar-refractivity contribution in [1.29, 1.82) is 0 Å². The van der Waals surface area contributed by atoms with Gasteiger partial charge in [0, 0.05) is 17.0 Å². The van der Waals surface area contributed by atoms with Crippen LogP contribution in [0.5, 0.6) is 0 Å². The first kappa shape index (κ1) is 15.0. The van der Waals surface area contributed by atoms with E-state index in [2.05, 4.69) is 31.3 Å². The Balaban J connectivity index is 2.60. The van der Waals surface area contributed by atoms with Crippen molar-refractivity contribution < 1.29 is 4.79 Å². The van der Waals surface area contributed by atoms with E-state index in [1.807, 2.05) is 26.8 Å². The molecule has 102 valence electrons. The lowest BCUT2D eigenvalue weighted by molar-refractivity contribution is -0.123. The maximum absolute atomic E-state index is 11.8. The second-order valence-corrected chi connectivity index (χ2v) is 5.79. The number of unbranched alkanes of at least 4 members (excludes halogenated alkanes) is 1. The zero-order chi connectivity index (χ0) is 13.8. The highest BCUT2D eigenvalue weighted by atomic mass is 16.1. The highest BCUT2D eigenvalue weighted by Gasteiger charge is 2.51.